The van der Waals surface area contributed by atoms with E-state index in [9.17, 15) is 8.42 Å². The Morgan fingerprint density at radius 2 is 2.33 bits per heavy atom. The molecule has 0 bridgehead atoms. The zero-order valence-corrected chi connectivity index (χ0v) is 13.6. The second-order valence-corrected chi connectivity index (χ2v) is 8.62. The molecule has 2 rings (SSSR count). The highest BCUT2D eigenvalue weighted by Crippen LogP contribution is 2.34. The first kappa shape index (κ1) is 14.5. The number of sulfone groups is 1. The van der Waals surface area contributed by atoms with Gasteiger partial charge in [0.1, 0.15) is 0 Å². The van der Waals surface area contributed by atoms with Crippen LogP contribution in [0.5, 0.6) is 0 Å². The molecular formula is C12H18BrNO2S2. The largest absolute Gasteiger partial charge is 0.310 e. The van der Waals surface area contributed by atoms with E-state index < -0.39 is 9.84 Å². The number of halogens is 1. The van der Waals surface area contributed by atoms with Gasteiger partial charge in [0.25, 0.3) is 0 Å². The zero-order chi connectivity index (χ0) is 13.2. The molecule has 0 radical (unpaired) electrons. The highest BCUT2D eigenvalue weighted by Gasteiger charge is 2.30. The molecule has 0 aliphatic carbocycles. The van der Waals surface area contributed by atoms with Crippen molar-refractivity contribution in [2.75, 3.05) is 18.1 Å². The van der Waals surface area contributed by atoms with E-state index in [0.29, 0.717) is 17.4 Å². The van der Waals surface area contributed by atoms with E-state index in [1.807, 2.05) is 0 Å². The molecular weight excluding hydrogens is 334 g/mol. The molecule has 1 fully saturated rings. The molecule has 18 heavy (non-hydrogen) atoms. The Morgan fingerprint density at radius 1 is 1.56 bits per heavy atom. The van der Waals surface area contributed by atoms with Gasteiger partial charge in [0.2, 0.25) is 0 Å². The maximum Gasteiger partial charge on any atom is 0.150 e. The summed E-state index contributed by atoms with van der Waals surface area (Å²) in [5, 5.41) is 7.68. The Bertz CT molecular complexity index is 498. The average molecular weight is 352 g/mol. The van der Waals surface area contributed by atoms with Crippen LogP contribution in [0.15, 0.2) is 15.2 Å². The molecule has 1 aromatic rings. The minimum absolute atomic E-state index is 0.258. The molecule has 0 amide bonds. The van der Waals surface area contributed by atoms with Gasteiger partial charge < -0.3 is 5.32 Å². The second kappa shape index (κ2) is 6.03. The van der Waals surface area contributed by atoms with E-state index in [0.717, 1.165) is 23.9 Å². The van der Waals surface area contributed by atoms with Gasteiger partial charge in [-0.15, -0.1) is 0 Å². The second-order valence-electron chi connectivity index (χ2n) is 4.79. The van der Waals surface area contributed by atoms with Gasteiger partial charge in [0.05, 0.1) is 11.5 Å². The molecule has 2 unspecified atom stereocenters. The predicted octanol–water partition coefficient (Wildman–Crippen LogP) is 2.99. The van der Waals surface area contributed by atoms with Gasteiger partial charge in [0.15, 0.2) is 9.84 Å². The molecule has 1 aromatic heterocycles. The SMILES string of the molecule is CCNC(CC1CCS(=O)(=O)C1)c1cscc1Br. The predicted molar refractivity (Wildman–Crippen MR) is 79.8 cm³/mol. The minimum atomic E-state index is -2.77. The molecule has 1 saturated heterocycles. The van der Waals surface area contributed by atoms with E-state index in [1.54, 1.807) is 11.3 Å². The summed E-state index contributed by atoms with van der Waals surface area (Å²) in [6, 6.07) is 0.258. The summed E-state index contributed by atoms with van der Waals surface area (Å²) in [4.78, 5) is 0. The first-order valence-corrected chi connectivity index (χ1v) is 9.73. The lowest BCUT2D eigenvalue weighted by atomic mass is 9.96. The van der Waals surface area contributed by atoms with Crippen molar-refractivity contribution in [3.05, 3.63) is 20.8 Å². The number of hydrogen-bond acceptors (Lipinski definition) is 4. The van der Waals surface area contributed by atoms with E-state index in [-0.39, 0.29) is 6.04 Å². The van der Waals surface area contributed by atoms with Crippen LogP contribution >= 0.6 is 27.3 Å². The summed E-state index contributed by atoms with van der Waals surface area (Å²) >= 11 is 5.23. The van der Waals surface area contributed by atoms with Gasteiger partial charge in [0, 0.05) is 15.9 Å². The third-order valence-electron chi connectivity index (χ3n) is 3.36. The van der Waals surface area contributed by atoms with Crippen LogP contribution in [0.1, 0.15) is 31.4 Å². The Morgan fingerprint density at radius 3 is 2.83 bits per heavy atom. The third kappa shape index (κ3) is 3.56. The van der Waals surface area contributed by atoms with Crippen molar-refractivity contribution in [2.24, 2.45) is 5.92 Å². The van der Waals surface area contributed by atoms with E-state index >= 15 is 0 Å². The van der Waals surface area contributed by atoms with Crippen LogP contribution < -0.4 is 5.32 Å². The summed E-state index contributed by atoms with van der Waals surface area (Å²) in [6.45, 7) is 2.98. The monoisotopic (exact) mass is 351 g/mol. The standard InChI is InChI=1S/C12H18BrNO2S2/c1-2-14-12(10-6-17-7-11(10)13)5-9-3-4-18(15,16)8-9/h6-7,9,12,14H,2-5,8H2,1H3. The lowest BCUT2D eigenvalue weighted by molar-refractivity contribution is 0.421. The Balaban J connectivity index is 2.06. The normalized spacial score (nSPS) is 24.2. The lowest BCUT2D eigenvalue weighted by Crippen LogP contribution is -2.23. The van der Waals surface area contributed by atoms with Crippen molar-refractivity contribution in [1.82, 2.24) is 5.32 Å². The smallest absolute Gasteiger partial charge is 0.150 e. The summed E-state index contributed by atoms with van der Waals surface area (Å²) in [7, 11) is -2.77. The number of nitrogens with one attached hydrogen (secondary N) is 1. The molecule has 3 nitrogen and oxygen atoms in total. The molecule has 0 spiro atoms. The van der Waals surface area contributed by atoms with Crippen LogP contribution in [0, 0.1) is 5.92 Å². The summed E-state index contributed by atoms with van der Waals surface area (Å²) in [5.41, 5.74) is 1.26. The zero-order valence-electron chi connectivity index (χ0n) is 10.4. The average Bonchev–Trinajstić information content (AvgIpc) is 2.84. The summed E-state index contributed by atoms with van der Waals surface area (Å²) < 4.78 is 24.1. The Kier molecular flexibility index (Phi) is 4.86. The van der Waals surface area contributed by atoms with Crippen molar-refractivity contribution in [1.29, 1.82) is 0 Å². The quantitative estimate of drug-likeness (QED) is 0.886. The van der Waals surface area contributed by atoms with Gasteiger partial charge in [-0.05, 0) is 52.2 Å². The van der Waals surface area contributed by atoms with Gasteiger partial charge in [-0.25, -0.2) is 8.42 Å². The van der Waals surface area contributed by atoms with Crippen LogP contribution in [0.4, 0.5) is 0 Å². The third-order valence-corrected chi connectivity index (χ3v) is 6.95. The number of rotatable bonds is 5. The number of thiophene rings is 1. The highest BCUT2D eigenvalue weighted by molar-refractivity contribution is 9.10. The first-order valence-electron chi connectivity index (χ1n) is 6.17. The lowest BCUT2D eigenvalue weighted by Gasteiger charge is -2.20. The summed E-state index contributed by atoms with van der Waals surface area (Å²) in [5.74, 6) is 1.02. The molecule has 0 aromatic carbocycles. The van der Waals surface area contributed by atoms with Crippen molar-refractivity contribution in [2.45, 2.75) is 25.8 Å². The van der Waals surface area contributed by atoms with Gasteiger partial charge in [-0.1, -0.05) is 6.92 Å². The van der Waals surface area contributed by atoms with E-state index in [4.69, 9.17) is 0 Å². The van der Waals surface area contributed by atoms with Gasteiger partial charge in [-0.2, -0.15) is 11.3 Å². The molecule has 0 saturated carbocycles. The fraction of sp³-hybridized carbons (Fsp3) is 0.667. The molecule has 102 valence electrons. The van der Waals surface area contributed by atoms with Crippen molar-refractivity contribution >= 4 is 37.1 Å². The van der Waals surface area contributed by atoms with Crippen LogP contribution in [-0.2, 0) is 9.84 Å². The maximum absolute atomic E-state index is 11.5. The van der Waals surface area contributed by atoms with Crippen molar-refractivity contribution in [3.63, 3.8) is 0 Å². The summed E-state index contributed by atoms with van der Waals surface area (Å²) in [6.07, 6.45) is 1.72. The molecule has 2 heterocycles. The fourth-order valence-electron chi connectivity index (χ4n) is 2.50. The molecule has 1 N–H and O–H groups in total. The van der Waals surface area contributed by atoms with E-state index in [2.05, 4.69) is 38.9 Å². The molecule has 1 aliphatic rings. The maximum atomic E-state index is 11.5. The van der Waals surface area contributed by atoms with Crippen molar-refractivity contribution in [3.8, 4) is 0 Å². The fourth-order valence-corrected chi connectivity index (χ4v) is 6.01. The van der Waals surface area contributed by atoms with Crippen molar-refractivity contribution < 1.29 is 8.42 Å². The van der Waals surface area contributed by atoms with Gasteiger partial charge in [-0.3, -0.25) is 0 Å². The number of hydrogen-bond donors (Lipinski definition) is 1. The topological polar surface area (TPSA) is 46.2 Å². The minimum Gasteiger partial charge on any atom is -0.310 e. The van der Waals surface area contributed by atoms with E-state index in [1.165, 1.54) is 5.56 Å². The Labute approximate surface area is 121 Å². The molecule has 2 atom stereocenters. The van der Waals surface area contributed by atoms with Crippen LogP contribution in [0.25, 0.3) is 0 Å². The first-order chi connectivity index (χ1) is 8.52. The molecule has 1 aliphatic heterocycles. The van der Waals surface area contributed by atoms with Gasteiger partial charge >= 0.3 is 0 Å². The van der Waals surface area contributed by atoms with Crippen LogP contribution in [0.2, 0.25) is 0 Å². The highest BCUT2D eigenvalue weighted by atomic mass is 79.9. The van der Waals surface area contributed by atoms with Crippen LogP contribution in [-0.4, -0.2) is 26.5 Å². The van der Waals surface area contributed by atoms with Crippen LogP contribution in [0.3, 0.4) is 0 Å². The Hall–Kier alpha value is 0.0900. The molecule has 6 heteroatoms.